The van der Waals surface area contributed by atoms with Gasteiger partial charge in [0.25, 0.3) is 0 Å². The molecule has 0 heterocycles. The predicted octanol–water partition coefficient (Wildman–Crippen LogP) is 4.24. The standard InChI is InChI=1S/C19H32N2/c1-4-13-20-19(17-9-7-6-8-10-17)16(3)15-21(14-5-2)18-11-12-18/h6-10,16,18-20H,4-5,11-15H2,1-3H3. The first kappa shape index (κ1) is 16.5. The summed E-state index contributed by atoms with van der Waals surface area (Å²) >= 11 is 0. The van der Waals surface area contributed by atoms with Crippen LogP contribution in [0.4, 0.5) is 0 Å². The zero-order valence-corrected chi connectivity index (χ0v) is 14.0. The van der Waals surface area contributed by atoms with Gasteiger partial charge in [0, 0.05) is 18.6 Å². The molecule has 0 amide bonds. The molecule has 2 rings (SSSR count). The van der Waals surface area contributed by atoms with Crippen LogP contribution in [0.2, 0.25) is 0 Å². The minimum atomic E-state index is 0.476. The van der Waals surface area contributed by atoms with Crippen LogP contribution in [0, 0.1) is 5.92 Å². The molecule has 21 heavy (non-hydrogen) atoms. The van der Waals surface area contributed by atoms with Gasteiger partial charge in [0.15, 0.2) is 0 Å². The predicted molar refractivity (Wildman–Crippen MR) is 91.5 cm³/mol. The highest BCUT2D eigenvalue weighted by Gasteiger charge is 2.30. The first-order valence-electron chi connectivity index (χ1n) is 8.78. The van der Waals surface area contributed by atoms with Gasteiger partial charge in [-0.3, -0.25) is 0 Å². The Morgan fingerprint density at radius 2 is 1.86 bits per heavy atom. The van der Waals surface area contributed by atoms with Crippen LogP contribution in [0.5, 0.6) is 0 Å². The molecule has 1 aliphatic rings. The highest BCUT2D eigenvalue weighted by molar-refractivity contribution is 5.19. The van der Waals surface area contributed by atoms with Gasteiger partial charge in [0.05, 0.1) is 0 Å². The summed E-state index contributed by atoms with van der Waals surface area (Å²) in [6.45, 7) is 10.5. The van der Waals surface area contributed by atoms with Crippen LogP contribution >= 0.6 is 0 Å². The maximum Gasteiger partial charge on any atom is 0.0358 e. The first-order valence-corrected chi connectivity index (χ1v) is 8.78. The Bertz CT molecular complexity index is 386. The first-order chi connectivity index (χ1) is 10.3. The Kier molecular flexibility index (Phi) is 6.72. The second kappa shape index (κ2) is 8.55. The minimum Gasteiger partial charge on any atom is -0.310 e. The Morgan fingerprint density at radius 3 is 2.43 bits per heavy atom. The van der Waals surface area contributed by atoms with E-state index in [-0.39, 0.29) is 0 Å². The van der Waals surface area contributed by atoms with Crippen LogP contribution in [0.25, 0.3) is 0 Å². The number of hydrogen-bond acceptors (Lipinski definition) is 2. The van der Waals surface area contributed by atoms with Crippen molar-refractivity contribution in [2.24, 2.45) is 5.92 Å². The van der Waals surface area contributed by atoms with Crippen molar-refractivity contribution in [3.8, 4) is 0 Å². The van der Waals surface area contributed by atoms with Gasteiger partial charge in [-0.15, -0.1) is 0 Å². The van der Waals surface area contributed by atoms with E-state index in [1.54, 1.807) is 0 Å². The summed E-state index contributed by atoms with van der Waals surface area (Å²) < 4.78 is 0. The van der Waals surface area contributed by atoms with Crippen LogP contribution in [0.3, 0.4) is 0 Å². The minimum absolute atomic E-state index is 0.476. The smallest absolute Gasteiger partial charge is 0.0358 e. The van der Waals surface area contributed by atoms with Gasteiger partial charge in [0.2, 0.25) is 0 Å². The fraction of sp³-hybridized carbons (Fsp3) is 0.684. The van der Waals surface area contributed by atoms with Gasteiger partial charge in [-0.1, -0.05) is 51.1 Å². The number of benzene rings is 1. The lowest BCUT2D eigenvalue weighted by atomic mass is 9.93. The molecule has 0 bridgehead atoms. The molecule has 0 aromatic heterocycles. The molecule has 1 fully saturated rings. The van der Waals surface area contributed by atoms with Crippen molar-refractivity contribution in [2.45, 2.75) is 58.5 Å². The van der Waals surface area contributed by atoms with Gasteiger partial charge in [-0.2, -0.15) is 0 Å². The van der Waals surface area contributed by atoms with Crippen molar-refractivity contribution in [3.63, 3.8) is 0 Å². The van der Waals surface area contributed by atoms with Gasteiger partial charge >= 0.3 is 0 Å². The third-order valence-electron chi connectivity index (χ3n) is 4.44. The third kappa shape index (κ3) is 5.12. The normalized spacial score (nSPS) is 17.9. The van der Waals surface area contributed by atoms with E-state index >= 15 is 0 Å². The van der Waals surface area contributed by atoms with Crippen LogP contribution in [0.1, 0.15) is 58.1 Å². The molecule has 1 N–H and O–H groups in total. The van der Waals surface area contributed by atoms with Crippen molar-refractivity contribution < 1.29 is 0 Å². The summed E-state index contributed by atoms with van der Waals surface area (Å²) in [6.07, 6.45) is 5.27. The maximum absolute atomic E-state index is 3.77. The molecular weight excluding hydrogens is 256 g/mol. The largest absolute Gasteiger partial charge is 0.310 e. The lowest BCUT2D eigenvalue weighted by molar-refractivity contribution is 0.202. The van der Waals surface area contributed by atoms with Crippen molar-refractivity contribution in [3.05, 3.63) is 35.9 Å². The van der Waals surface area contributed by atoms with Crippen molar-refractivity contribution >= 4 is 0 Å². The number of hydrogen-bond donors (Lipinski definition) is 1. The SMILES string of the molecule is CCCNC(c1ccccc1)C(C)CN(CCC)C1CC1. The Labute approximate surface area is 130 Å². The molecule has 2 atom stereocenters. The number of rotatable bonds is 10. The molecule has 1 aliphatic carbocycles. The Balaban J connectivity index is 2.00. The second-order valence-electron chi connectivity index (χ2n) is 6.55. The van der Waals surface area contributed by atoms with E-state index in [0.717, 1.165) is 12.6 Å². The molecule has 1 aromatic carbocycles. The highest BCUT2D eigenvalue weighted by atomic mass is 15.2. The zero-order valence-electron chi connectivity index (χ0n) is 14.0. The van der Waals surface area contributed by atoms with Crippen molar-refractivity contribution in [1.82, 2.24) is 10.2 Å². The lowest BCUT2D eigenvalue weighted by Crippen LogP contribution is -2.37. The molecule has 118 valence electrons. The summed E-state index contributed by atoms with van der Waals surface area (Å²) in [5.74, 6) is 0.645. The molecule has 0 spiro atoms. The van der Waals surface area contributed by atoms with Gasteiger partial charge in [-0.05, 0) is 50.3 Å². The Morgan fingerprint density at radius 1 is 1.14 bits per heavy atom. The van der Waals surface area contributed by atoms with Gasteiger partial charge in [0.1, 0.15) is 0 Å². The van der Waals surface area contributed by atoms with Crippen LogP contribution < -0.4 is 5.32 Å². The molecule has 2 unspecified atom stereocenters. The molecule has 1 aromatic rings. The molecule has 2 nitrogen and oxygen atoms in total. The van der Waals surface area contributed by atoms with E-state index < -0.39 is 0 Å². The average Bonchev–Trinajstić information content (AvgIpc) is 3.33. The van der Waals surface area contributed by atoms with Crippen LogP contribution in [0.15, 0.2) is 30.3 Å². The fourth-order valence-corrected chi connectivity index (χ4v) is 3.23. The van der Waals surface area contributed by atoms with E-state index in [9.17, 15) is 0 Å². The van der Waals surface area contributed by atoms with E-state index in [2.05, 4.69) is 61.3 Å². The summed E-state index contributed by atoms with van der Waals surface area (Å²) in [4.78, 5) is 2.72. The summed E-state index contributed by atoms with van der Waals surface area (Å²) in [5.41, 5.74) is 1.44. The molecule has 2 heteroatoms. The third-order valence-corrected chi connectivity index (χ3v) is 4.44. The number of nitrogens with zero attached hydrogens (tertiary/aromatic N) is 1. The zero-order chi connectivity index (χ0) is 15.1. The molecular formula is C19H32N2. The van der Waals surface area contributed by atoms with E-state index in [0.29, 0.717) is 12.0 Å². The maximum atomic E-state index is 3.77. The summed E-state index contributed by atoms with van der Waals surface area (Å²) in [5, 5.41) is 3.77. The quantitative estimate of drug-likeness (QED) is 0.693. The van der Waals surface area contributed by atoms with Crippen LogP contribution in [-0.2, 0) is 0 Å². The van der Waals surface area contributed by atoms with Gasteiger partial charge in [-0.25, -0.2) is 0 Å². The van der Waals surface area contributed by atoms with Crippen LogP contribution in [-0.4, -0.2) is 30.6 Å². The van der Waals surface area contributed by atoms with Gasteiger partial charge < -0.3 is 10.2 Å². The van der Waals surface area contributed by atoms with E-state index in [1.807, 2.05) is 0 Å². The number of nitrogens with one attached hydrogen (secondary N) is 1. The molecule has 1 saturated carbocycles. The fourth-order valence-electron chi connectivity index (χ4n) is 3.23. The van der Waals surface area contributed by atoms with E-state index in [1.165, 1.54) is 44.3 Å². The summed E-state index contributed by atoms with van der Waals surface area (Å²) in [6, 6.07) is 12.3. The highest BCUT2D eigenvalue weighted by Crippen LogP contribution is 2.30. The van der Waals surface area contributed by atoms with Crippen molar-refractivity contribution in [1.29, 1.82) is 0 Å². The van der Waals surface area contributed by atoms with Crippen molar-refractivity contribution in [2.75, 3.05) is 19.6 Å². The molecule has 0 radical (unpaired) electrons. The summed E-state index contributed by atoms with van der Waals surface area (Å²) in [7, 11) is 0. The Hall–Kier alpha value is -0.860. The monoisotopic (exact) mass is 288 g/mol. The van der Waals surface area contributed by atoms with E-state index in [4.69, 9.17) is 0 Å². The average molecular weight is 288 g/mol. The molecule has 0 saturated heterocycles. The molecule has 0 aliphatic heterocycles. The topological polar surface area (TPSA) is 15.3 Å². The lowest BCUT2D eigenvalue weighted by Gasteiger charge is -2.31. The second-order valence-corrected chi connectivity index (χ2v) is 6.55.